The highest BCUT2D eigenvalue weighted by Gasteiger charge is 2.17. The van der Waals surface area contributed by atoms with Crippen LogP contribution in [0.15, 0.2) is 42.5 Å². The molecule has 0 bridgehead atoms. The Hall–Kier alpha value is -1.50. The summed E-state index contributed by atoms with van der Waals surface area (Å²) in [6, 6.07) is 11.9. The Morgan fingerprint density at radius 2 is 1.92 bits per heavy atom. The fourth-order valence-electron chi connectivity index (χ4n) is 2.57. The second kappa shape index (κ2) is 9.27. The number of benzene rings is 2. The van der Waals surface area contributed by atoms with E-state index in [9.17, 15) is 9.50 Å². The summed E-state index contributed by atoms with van der Waals surface area (Å²) in [5.74, 6) is 5.66. The van der Waals surface area contributed by atoms with Gasteiger partial charge in [-0.05, 0) is 43.2 Å². The number of nitrogens with zero attached hydrogens (tertiary/aromatic N) is 1. The Kier molecular flexibility index (Phi) is 7.35. The number of rotatable bonds is 8. The van der Waals surface area contributed by atoms with Gasteiger partial charge in [-0.3, -0.25) is 5.84 Å². The number of hydrogen-bond donors (Lipinski definition) is 2. The van der Waals surface area contributed by atoms with Crippen LogP contribution < -0.4 is 5.84 Å². The molecule has 0 saturated heterocycles. The van der Waals surface area contributed by atoms with Crippen LogP contribution in [0.5, 0.6) is 0 Å². The molecular formula is C19H24ClFN2O2. The fraction of sp³-hybridized carbons (Fsp3) is 0.368. The van der Waals surface area contributed by atoms with Crippen LogP contribution in [0.4, 0.5) is 4.39 Å². The molecule has 0 spiro atoms. The summed E-state index contributed by atoms with van der Waals surface area (Å²) in [7, 11) is 0. The zero-order chi connectivity index (χ0) is 18.4. The SMILES string of the molecule is CCOC(C)[C@H](O)CN(N)Cc1ccc(-c2cc(Cl)ccc2F)cc1. The Morgan fingerprint density at radius 3 is 2.56 bits per heavy atom. The first kappa shape index (κ1) is 19.8. The van der Waals surface area contributed by atoms with Crippen LogP contribution in [-0.4, -0.2) is 35.5 Å². The number of ether oxygens (including phenoxy) is 1. The van der Waals surface area contributed by atoms with Crippen molar-refractivity contribution in [2.75, 3.05) is 13.2 Å². The topological polar surface area (TPSA) is 58.7 Å². The van der Waals surface area contributed by atoms with Gasteiger partial charge in [0.15, 0.2) is 0 Å². The second-order valence-electron chi connectivity index (χ2n) is 5.98. The summed E-state index contributed by atoms with van der Waals surface area (Å²) in [5, 5.41) is 12.1. The third-order valence-corrected chi connectivity index (χ3v) is 4.21. The predicted octanol–water partition coefficient (Wildman–Crippen LogP) is 3.61. The van der Waals surface area contributed by atoms with Gasteiger partial charge in [-0.1, -0.05) is 35.9 Å². The van der Waals surface area contributed by atoms with Gasteiger partial charge in [-0.25, -0.2) is 9.40 Å². The smallest absolute Gasteiger partial charge is 0.131 e. The molecule has 2 aromatic rings. The molecule has 1 unspecified atom stereocenters. The highest BCUT2D eigenvalue weighted by molar-refractivity contribution is 6.30. The van der Waals surface area contributed by atoms with Gasteiger partial charge in [0.1, 0.15) is 5.82 Å². The van der Waals surface area contributed by atoms with Gasteiger partial charge in [0.2, 0.25) is 0 Å². The molecule has 2 atom stereocenters. The van der Waals surface area contributed by atoms with Crippen LogP contribution in [0, 0.1) is 5.82 Å². The van der Waals surface area contributed by atoms with Gasteiger partial charge >= 0.3 is 0 Å². The molecule has 0 fully saturated rings. The number of aliphatic hydroxyl groups excluding tert-OH is 1. The van der Waals surface area contributed by atoms with Gasteiger partial charge in [0, 0.05) is 30.3 Å². The van der Waals surface area contributed by atoms with Crippen molar-refractivity contribution in [1.29, 1.82) is 0 Å². The van der Waals surface area contributed by atoms with Gasteiger partial charge in [-0.2, -0.15) is 0 Å². The molecule has 136 valence electrons. The summed E-state index contributed by atoms with van der Waals surface area (Å²) in [6.45, 7) is 5.01. The Morgan fingerprint density at radius 1 is 1.24 bits per heavy atom. The van der Waals surface area contributed by atoms with Gasteiger partial charge in [0.05, 0.1) is 12.2 Å². The van der Waals surface area contributed by atoms with E-state index in [1.54, 1.807) is 6.07 Å². The quantitative estimate of drug-likeness (QED) is 0.553. The normalized spacial score (nSPS) is 13.9. The minimum absolute atomic E-state index is 0.274. The van der Waals surface area contributed by atoms with Crippen molar-refractivity contribution in [3.8, 4) is 11.1 Å². The van der Waals surface area contributed by atoms with Crippen molar-refractivity contribution in [1.82, 2.24) is 5.01 Å². The largest absolute Gasteiger partial charge is 0.389 e. The first-order chi connectivity index (χ1) is 11.9. The molecule has 4 nitrogen and oxygen atoms in total. The molecule has 0 aliphatic carbocycles. The summed E-state index contributed by atoms with van der Waals surface area (Å²) in [4.78, 5) is 0. The molecule has 0 saturated carbocycles. The third kappa shape index (κ3) is 5.76. The average Bonchev–Trinajstić information content (AvgIpc) is 2.58. The van der Waals surface area contributed by atoms with E-state index in [0.29, 0.717) is 30.3 Å². The number of nitrogens with two attached hydrogens (primary N) is 1. The van der Waals surface area contributed by atoms with Crippen molar-refractivity contribution in [3.05, 3.63) is 58.9 Å². The number of hydrazine groups is 1. The molecule has 6 heteroatoms. The van der Waals surface area contributed by atoms with Crippen molar-refractivity contribution < 1.29 is 14.2 Å². The first-order valence-corrected chi connectivity index (χ1v) is 8.62. The van der Waals surface area contributed by atoms with Gasteiger partial charge < -0.3 is 9.84 Å². The minimum atomic E-state index is -0.662. The van der Waals surface area contributed by atoms with Crippen LogP contribution in [0.1, 0.15) is 19.4 Å². The maximum absolute atomic E-state index is 13.9. The van der Waals surface area contributed by atoms with Crippen LogP contribution >= 0.6 is 11.6 Å². The summed E-state index contributed by atoms with van der Waals surface area (Å²) in [5.41, 5.74) is 2.17. The van der Waals surface area contributed by atoms with Gasteiger partial charge in [0.25, 0.3) is 0 Å². The number of aliphatic hydroxyl groups is 1. The van der Waals surface area contributed by atoms with E-state index in [1.807, 2.05) is 38.1 Å². The van der Waals surface area contributed by atoms with Crippen molar-refractivity contribution in [2.45, 2.75) is 32.6 Å². The maximum atomic E-state index is 13.9. The lowest BCUT2D eigenvalue weighted by atomic mass is 10.0. The zero-order valence-electron chi connectivity index (χ0n) is 14.5. The molecule has 25 heavy (non-hydrogen) atoms. The minimum Gasteiger partial charge on any atom is -0.389 e. The van der Waals surface area contributed by atoms with E-state index in [4.69, 9.17) is 22.2 Å². The number of hydrogen-bond acceptors (Lipinski definition) is 4. The Bertz CT molecular complexity index is 682. The fourth-order valence-corrected chi connectivity index (χ4v) is 2.74. The van der Waals surface area contributed by atoms with Gasteiger partial charge in [-0.15, -0.1) is 0 Å². The lowest BCUT2D eigenvalue weighted by Crippen LogP contribution is -2.42. The Balaban J connectivity index is 1.99. The van der Waals surface area contributed by atoms with Crippen LogP contribution in [0.25, 0.3) is 11.1 Å². The molecule has 0 heterocycles. The second-order valence-corrected chi connectivity index (χ2v) is 6.41. The molecule has 0 radical (unpaired) electrons. The summed E-state index contributed by atoms with van der Waals surface area (Å²) < 4.78 is 19.3. The van der Waals surface area contributed by atoms with E-state index >= 15 is 0 Å². The maximum Gasteiger partial charge on any atom is 0.131 e. The van der Waals surface area contributed by atoms with Crippen LogP contribution in [-0.2, 0) is 11.3 Å². The first-order valence-electron chi connectivity index (χ1n) is 8.24. The van der Waals surface area contributed by atoms with Crippen molar-refractivity contribution in [2.24, 2.45) is 5.84 Å². The molecule has 3 N–H and O–H groups in total. The van der Waals surface area contributed by atoms with Crippen molar-refractivity contribution in [3.63, 3.8) is 0 Å². The lowest BCUT2D eigenvalue weighted by molar-refractivity contribution is -0.0366. The third-order valence-electron chi connectivity index (χ3n) is 3.97. The average molecular weight is 367 g/mol. The van der Waals surface area contributed by atoms with E-state index in [1.165, 1.54) is 17.1 Å². The highest BCUT2D eigenvalue weighted by atomic mass is 35.5. The van der Waals surface area contributed by atoms with Crippen LogP contribution in [0.2, 0.25) is 5.02 Å². The molecule has 2 aromatic carbocycles. The predicted molar refractivity (Wildman–Crippen MR) is 98.5 cm³/mol. The molecule has 0 aliphatic heterocycles. The van der Waals surface area contributed by atoms with Crippen molar-refractivity contribution >= 4 is 11.6 Å². The lowest BCUT2D eigenvalue weighted by Gasteiger charge is -2.24. The number of halogens is 2. The summed E-state index contributed by atoms with van der Waals surface area (Å²) >= 11 is 5.94. The van der Waals surface area contributed by atoms with E-state index < -0.39 is 6.10 Å². The van der Waals surface area contributed by atoms with Crippen LogP contribution in [0.3, 0.4) is 0 Å². The molecular weight excluding hydrogens is 343 g/mol. The standard InChI is InChI=1S/C19H24ClFN2O2/c1-3-25-13(2)19(24)12-23(22)11-14-4-6-15(7-5-14)17-10-16(20)8-9-18(17)21/h4-10,13,19,24H,3,11-12,22H2,1-2H3/t13?,19-/m1/s1. The Labute approximate surface area is 152 Å². The molecule has 0 amide bonds. The van der Waals surface area contributed by atoms with E-state index in [0.717, 1.165) is 11.1 Å². The van der Waals surface area contributed by atoms with E-state index in [-0.39, 0.29) is 11.9 Å². The highest BCUT2D eigenvalue weighted by Crippen LogP contribution is 2.26. The van der Waals surface area contributed by atoms with E-state index in [2.05, 4.69) is 0 Å². The zero-order valence-corrected chi connectivity index (χ0v) is 15.2. The summed E-state index contributed by atoms with van der Waals surface area (Å²) in [6.07, 6.45) is -0.936. The molecule has 0 aliphatic rings. The molecule has 0 aromatic heterocycles. The molecule has 2 rings (SSSR count). The monoisotopic (exact) mass is 366 g/mol.